The van der Waals surface area contributed by atoms with Crippen molar-refractivity contribution < 1.29 is 26.3 Å². The Balaban J connectivity index is 1.56. The summed E-state index contributed by atoms with van der Waals surface area (Å²) < 4.78 is 71.7. The van der Waals surface area contributed by atoms with Crippen LogP contribution in [0, 0.1) is 11.8 Å². The molecule has 0 bridgehead atoms. The highest BCUT2D eigenvalue weighted by Gasteiger charge is 2.30. The van der Waals surface area contributed by atoms with Crippen molar-refractivity contribution in [2.75, 3.05) is 44.1 Å². The van der Waals surface area contributed by atoms with Crippen LogP contribution in [0.3, 0.4) is 0 Å². The average Bonchev–Trinajstić information content (AvgIpc) is 3.27. The van der Waals surface area contributed by atoms with Gasteiger partial charge in [-0.05, 0) is 76.0 Å². The maximum Gasteiger partial charge on any atom is 0.406 e. The highest BCUT2D eigenvalue weighted by Crippen LogP contribution is 2.33. The lowest BCUT2D eigenvalue weighted by molar-refractivity contribution is -0.140. The number of halogens is 3. The van der Waals surface area contributed by atoms with Gasteiger partial charge in [-0.2, -0.15) is 13.2 Å². The Morgan fingerprint density at radius 3 is 2.44 bits per heavy atom. The van der Waals surface area contributed by atoms with Crippen LogP contribution < -0.4 is 15.4 Å². The summed E-state index contributed by atoms with van der Waals surface area (Å²) >= 11 is 0. The number of aromatic nitrogens is 1. The molecule has 1 fully saturated rings. The Morgan fingerprint density at radius 2 is 1.80 bits per heavy atom. The Labute approximate surface area is 240 Å². The molecule has 0 aliphatic heterocycles. The van der Waals surface area contributed by atoms with Crippen LogP contribution in [-0.2, 0) is 16.4 Å². The molecular weight excluding hydrogens is 553 g/mol. The van der Waals surface area contributed by atoms with Crippen molar-refractivity contribution in [3.63, 3.8) is 0 Å². The predicted octanol–water partition coefficient (Wildman–Crippen LogP) is 5.75. The lowest BCUT2D eigenvalue weighted by Crippen LogP contribution is -2.36. The molecule has 0 atom stereocenters. The van der Waals surface area contributed by atoms with E-state index in [2.05, 4.69) is 41.5 Å². The molecule has 1 heterocycles. The van der Waals surface area contributed by atoms with Crippen molar-refractivity contribution in [3.8, 4) is 17.6 Å². The number of rotatable bonds is 9. The van der Waals surface area contributed by atoms with Gasteiger partial charge >= 0.3 is 6.18 Å². The van der Waals surface area contributed by atoms with Crippen LogP contribution in [0.4, 0.5) is 24.5 Å². The number of ether oxygens (including phenoxy) is 1. The molecule has 11 heteroatoms. The number of fused-ring (bicyclic) bond motifs is 1. The highest BCUT2D eigenvalue weighted by molar-refractivity contribution is 7.91. The molecule has 0 saturated heterocycles. The second-order valence-corrected chi connectivity index (χ2v) is 12.8. The minimum atomic E-state index is -4.41. The molecule has 4 rings (SSSR count). The van der Waals surface area contributed by atoms with E-state index in [4.69, 9.17) is 4.74 Å². The summed E-state index contributed by atoms with van der Waals surface area (Å²) in [5, 5.41) is 7.35. The minimum Gasteiger partial charge on any atom is -0.495 e. The van der Waals surface area contributed by atoms with Crippen LogP contribution in [0.5, 0.6) is 5.75 Å². The zero-order chi connectivity index (χ0) is 29.8. The number of benzene rings is 2. The van der Waals surface area contributed by atoms with Gasteiger partial charge in [0.15, 0.2) is 9.84 Å². The van der Waals surface area contributed by atoms with Gasteiger partial charge in [0.25, 0.3) is 0 Å². The third-order valence-corrected chi connectivity index (χ3v) is 9.30. The summed E-state index contributed by atoms with van der Waals surface area (Å²) in [5.74, 6) is 6.12. The van der Waals surface area contributed by atoms with Crippen molar-refractivity contribution in [3.05, 3.63) is 48.2 Å². The first-order valence-electron chi connectivity index (χ1n) is 13.7. The fourth-order valence-corrected chi connectivity index (χ4v) is 6.17. The number of alkyl halides is 3. The van der Waals surface area contributed by atoms with E-state index in [0.717, 1.165) is 31.4 Å². The second kappa shape index (κ2) is 12.7. The lowest BCUT2D eigenvalue weighted by atomic mass is 9.90. The molecule has 222 valence electrons. The van der Waals surface area contributed by atoms with Crippen LogP contribution >= 0.6 is 0 Å². The lowest BCUT2D eigenvalue weighted by Gasteiger charge is -2.33. The fourth-order valence-electron chi connectivity index (χ4n) is 5.27. The summed E-state index contributed by atoms with van der Waals surface area (Å²) in [6, 6.07) is 12.4. The van der Waals surface area contributed by atoms with Gasteiger partial charge in [0.05, 0.1) is 41.2 Å². The summed E-state index contributed by atoms with van der Waals surface area (Å²) in [5.41, 5.74) is 2.08. The van der Waals surface area contributed by atoms with Crippen LogP contribution in [0.15, 0.2) is 47.4 Å². The molecule has 7 nitrogen and oxygen atoms in total. The molecule has 1 aromatic heterocycles. The summed E-state index contributed by atoms with van der Waals surface area (Å²) in [6.45, 7) is 0.535. The largest absolute Gasteiger partial charge is 0.495 e. The molecule has 0 unspecified atom stereocenters. The summed E-state index contributed by atoms with van der Waals surface area (Å²) in [7, 11) is 2.22. The number of hydrogen-bond acceptors (Lipinski definition) is 6. The molecule has 3 aromatic rings. The number of hydrogen-bond donors (Lipinski definition) is 2. The van der Waals surface area contributed by atoms with Crippen molar-refractivity contribution in [1.29, 1.82) is 0 Å². The first kappa shape index (κ1) is 30.6. The number of sulfone groups is 1. The van der Waals surface area contributed by atoms with E-state index in [1.807, 2.05) is 6.07 Å². The van der Waals surface area contributed by atoms with Gasteiger partial charge in [0, 0.05) is 29.2 Å². The van der Waals surface area contributed by atoms with Gasteiger partial charge in [-0.3, -0.25) is 0 Å². The van der Waals surface area contributed by atoms with Crippen molar-refractivity contribution in [1.82, 2.24) is 9.47 Å². The summed E-state index contributed by atoms with van der Waals surface area (Å²) in [6.07, 6.45) is -0.281. The van der Waals surface area contributed by atoms with E-state index in [1.54, 1.807) is 31.2 Å². The maximum atomic E-state index is 13.6. The van der Waals surface area contributed by atoms with Crippen molar-refractivity contribution in [2.24, 2.45) is 0 Å². The normalized spacial score (nSPS) is 17.8. The molecule has 0 amide bonds. The van der Waals surface area contributed by atoms with Crippen LogP contribution in [0.2, 0.25) is 0 Å². The highest BCUT2D eigenvalue weighted by atomic mass is 32.2. The minimum absolute atomic E-state index is 0.0326. The Morgan fingerprint density at radius 1 is 1.07 bits per heavy atom. The number of methoxy groups -OCH3 is 1. The monoisotopic (exact) mass is 590 g/mol. The molecule has 2 N–H and O–H groups in total. The van der Waals surface area contributed by atoms with Gasteiger partial charge in [0.2, 0.25) is 0 Å². The van der Waals surface area contributed by atoms with E-state index in [1.165, 1.54) is 23.8 Å². The van der Waals surface area contributed by atoms with E-state index >= 15 is 0 Å². The van der Waals surface area contributed by atoms with Crippen LogP contribution in [-0.4, -0.2) is 69.6 Å². The molecule has 2 aromatic carbocycles. The molecular formula is C30H37F3N4O3S. The van der Waals surface area contributed by atoms with E-state index in [9.17, 15) is 21.6 Å². The van der Waals surface area contributed by atoms with Crippen molar-refractivity contribution >= 4 is 32.1 Å². The number of nitrogens with zero attached hydrogens (tertiary/aromatic N) is 2. The Bertz CT molecular complexity index is 1530. The third kappa shape index (κ3) is 7.49. The third-order valence-electron chi connectivity index (χ3n) is 7.57. The van der Waals surface area contributed by atoms with Crippen molar-refractivity contribution in [2.45, 2.75) is 62.3 Å². The topological polar surface area (TPSA) is 75.6 Å². The molecule has 1 aliphatic rings. The second-order valence-electron chi connectivity index (χ2n) is 10.5. The van der Waals surface area contributed by atoms with Gasteiger partial charge < -0.3 is 24.8 Å². The standard InChI is InChI=1S/C30H37F3N4O3S/c1-5-41(38,39)24-15-16-27(29(19-24)40-4)34-17-7-8-23-18-25-26(35-21-11-13-22(14-12-21)36(2)3)9-6-10-28(25)37(23)20-30(31,32)33/h6,9-10,15-16,18-19,21-22,34-35H,5,11-14,17,20H2,1-4H3. The van der Waals surface area contributed by atoms with Crippen LogP contribution in [0.25, 0.3) is 10.9 Å². The van der Waals surface area contributed by atoms with Gasteiger partial charge in [-0.25, -0.2) is 8.42 Å². The fraction of sp³-hybridized carbons (Fsp3) is 0.467. The maximum absolute atomic E-state index is 13.6. The molecule has 1 saturated carbocycles. The Hall–Kier alpha value is -3.36. The molecule has 0 spiro atoms. The SMILES string of the molecule is CCS(=O)(=O)c1ccc(NCC#Cc2cc3c(NC4CCC(N(C)C)CC4)cccc3n2CC(F)(F)F)c(OC)c1. The van der Waals surface area contributed by atoms with E-state index in [0.29, 0.717) is 28.4 Å². The number of nitrogens with one attached hydrogen (secondary N) is 2. The first-order chi connectivity index (χ1) is 19.4. The van der Waals surface area contributed by atoms with E-state index < -0.39 is 22.6 Å². The van der Waals surface area contributed by atoms with E-state index in [-0.39, 0.29) is 28.9 Å². The molecule has 0 radical (unpaired) electrons. The molecule has 41 heavy (non-hydrogen) atoms. The summed E-state index contributed by atoms with van der Waals surface area (Å²) in [4.78, 5) is 2.40. The van der Waals surface area contributed by atoms with Gasteiger partial charge in [-0.1, -0.05) is 18.9 Å². The van der Waals surface area contributed by atoms with Crippen LogP contribution in [0.1, 0.15) is 38.3 Å². The zero-order valence-electron chi connectivity index (χ0n) is 23.8. The quantitative estimate of drug-likeness (QED) is 0.309. The smallest absolute Gasteiger partial charge is 0.406 e. The number of anilines is 2. The molecule has 1 aliphatic carbocycles. The first-order valence-corrected chi connectivity index (χ1v) is 15.3. The average molecular weight is 591 g/mol. The van der Waals surface area contributed by atoms with Gasteiger partial charge in [0.1, 0.15) is 12.3 Å². The Kier molecular flexibility index (Phi) is 9.44. The zero-order valence-corrected chi connectivity index (χ0v) is 24.6. The van der Waals surface area contributed by atoms with Gasteiger partial charge in [-0.15, -0.1) is 0 Å². The predicted molar refractivity (Wildman–Crippen MR) is 157 cm³/mol.